The summed E-state index contributed by atoms with van der Waals surface area (Å²) in [6.45, 7) is 1.65. The molecular weight excluding hydrogens is 399 g/mol. The Bertz CT molecular complexity index is 1130. The van der Waals surface area contributed by atoms with Gasteiger partial charge in [-0.2, -0.15) is 23.5 Å². The van der Waals surface area contributed by atoms with Crippen molar-refractivity contribution >= 4 is 28.8 Å². The highest BCUT2D eigenvalue weighted by Gasteiger charge is 2.34. The van der Waals surface area contributed by atoms with Gasteiger partial charge in [0, 0.05) is 19.3 Å². The average Bonchev–Trinajstić information content (AvgIpc) is 3.06. The van der Waals surface area contributed by atoms with Crippen molar-refractivity contribution in [3.05, 3.63) is 59.0 Å². The van der Waals surface area contributed by atoms with Crippen LogP contribution in [0.3, 0.4) is 0 Å². The van der Waals surface area contributed by atoms with Crippen LogP contribution in [0.5, 0.6) is 0 Å². The van der Waals surface area contributed by atoms with Gasteiger partial charge in [-0.15, -0.1) is 0 Å². The molecule has 30 heavy (non-hydrogen) atoms. The van der Waals surface area contributed by atoms with Crippen LogP contribution in [0.25, 0.3) is 0 Å². The molecule has 8 nitrogen and oxygen atoms in total. The topological polar surface area (TPSA) is 119 Å². The number of pyridine rings is 1. The summed E-state index contributed by atoms with van der Waals surface area (Å²) in [5, 5.41) is 23.5. The Morgan fingerprint density at radius 1 is 1.20 bits per heavy atom. The number of nitrogens with zero attached hydrogens (tertiary/aromatic N) is 3. The first-order chi connectivity index (χ1) is 14.2. The fraction of sp³-hybridized carbons (Fsp3) is 0.158. The number of hydrogen-bond donors (Lipinski definition) is 4. The maximum absolute atomic E-state index is 13.5. The number of nitrogens with one attached hydrogen (secondary N) is 4. The highest BCUT2D eigenvalue weighted by molar-refractivity contribution is 6.00. The minimum atomic E-state index is -4.68. The lowest BCUT2D eigenvalue weighted by molar-refractivity contribution is -0.137. The van der Waals surface area contributed by atoms with E-state index in [-0.39, 0.29) is 28.5 Å². The Labute approximate surface area is 169 Å². The van der Waals surface area contributed by atoms with Gasteiger partial charge in [-0.1, -0.05) is 12.1 Å². The van der Waals surface area contributed by atoms with E-state index in [4.69, 9.17) is 5.26 Å². The van der Waals surface area contributed by atoms with E-state index in [2.05, 4.69) is 31.1 Å². The van der Waals surface area contributed by atoms with Crippen LogP contribution in [-0.2, 0) is 6.18 Å². The quantitative estimate of drug-likeness (QED) is 0.503. The molecule has 0 radical (unpaired) electrons. The van der Waals surface area contributed by atoms with Crippen LogP contribution in [0.2, 0.25) is 0 Å². The number of hydrogen-bond acceptors (Lipinski definition) is 6. The number of carbonyl (C=O) groups is 1. The molecule has 0 aliphatic heterocycles. The molecule has 0 saturated carbocycles. The number of anilines is 4. The number of aryl methyl sites for hydroxylation is 1. The molecule has 11 heteroatoms. The van der Waals surface area contributed by atoms with E-state index in [9.17, 15) is 18.0 Å². The molecule has 3 rings (SSSR count). The molecule has 1 amide bonds. The van der Waals surface area contributed by atoms with Gasteiger partial charge in [0.2, 0.25) is 0 Å². The van der Waals surface area contributed by atoms with Crippen LogP contribution in [0, 0.1) is 18.3 Å². The molecular formula is C19H16F3N7O. The lowest BCUT2D eigenvalue weighted by Crippen LogP contribution is -2.19. The number of aromatic amines is 1. The number of carbonyl (C=O) groups excluding carboxylic acids is 1. The van der Waals surface area contributed by atoms with Crippen LogP contribution >= 0.6 is 0 Å². The second-order valence-corrected chi connectivity index (χ2v) is 6.17. The predicted molar refractivity (Wildman–Crippen MR) is 104 cm³/mol. The molecule has 1 aromatic carbocycles. The summed E-state index contributed by atoms with van der Waals surface area (Å²) >= 11 is 0. The smallest absolute Gasteiger partial charge is 0.355 e. The van der Waals surface area contributed by atoms with E-state index in [0.717, 1.165) is 6.07 Å². The highest BCUT2D eigenvalue weighted by Crippen LogP contribution is 2.37. The van der Waals surface area contributed by atoms with E-state index in [0.29, 0.717) is 17.6 Å². The average molecular weight is 415 g/mol. The number of benzene rings is 1. The predicted octanol–water partition coefficient (Wildman–Crippen LogP) is 3.85. The molecule has 0 fully saturated rings. The Balaban J connectivity index is 2.05. The summed E-state index contributed by atoms with van der Waals surface area (Å²) in [5.74, 6) is -0.393. The lowest BCUT2D eigenvalue weighted by atomic mass is 10.1. The van der Waals surface area contributed by atoms with E-state index >= 15 is 0 Å². The third-order valence-corrected chi connectivity index (χ3v) is 4.18. The fourth-order valence-electron chi connectivity index (χ4n) is 2.71. The van der Waals surface area contributed by atoms with Crippen LogP contribution in [0.15, 0.2) is 36.5 Å². The first-order valence-corrected chi connectivity index (χ1v) is 8.62. The summed E-state index contributed by atoms with van der Waals surface area (Å²) in [5.41, 5.74) is -0.0725. The lowest BCUT2D eigenvalue weighted by Gasteiger charge is -2.17. The number of alkyl halides is 3. The van der Waals surface area contributed by atoms with Gasteiger partial charge in [-0.25, -0.2) is 4.98 Å². The summed E-state index contributed by atoms with van der Waals surface area (Å²) in [4.78, 5) is 15.9. The number of H-pyrrole nitrogens is 1. The van der Waals surface area contributed by atoms with Crippen molar-refractivity contribution in [1.82, 2.24) is 20.5 Å². The Hall–Kier alpha value is -4.07. The van der Waals surface area contributed by atoms with Gasteiger partial charge < -0.3 is 16.0 Å². The summed E-state index contributed by atoms with van der Waals surface area (Å²) in [6.07, 6.45) is -4.01. The van der Waals surface area contributed by atoms with E-state index in [1.165, 1.54) is 19.2 Å². The van der Waals surface area contributed by atoms with Crippen molar-refractivity contribution in [2.24, 2.45) is 0 Å². The van der Waals surface area contributed by atoms with Crippen molar-refractivity contribution in [2.75, 3.05) is 17.7 Å². The molecule has 3 aromatic rings. The standard InChI is InChI=1S/C19H16F3N7O/c1-10-17(15(8-23)29-28-10)27-16-7-14(12(9-25-16)19(20,21)22)26-13-6-4-3-5-11(13)18(30)24-2/h3-7,9H,1-2H3,(H,24,30)(H,28,29)(H2,25,26,27). The largest absolute Gasteiger partial charge is 0.419 e. The Morgan fingerprint density at radius 2 is 1.93 bits per heavy atom. The first-order valence-electron chi connectivity index (χ1n) is 8.62. The second-order valence-electron chi connectivity index (χ2n) is 6.17. The van der Waals surface area contributed by atoms with Crippen molar-refractivity contribution in [1.29, 1.82) is 5.26 Å². The highest BCUT2D eigenvalue weighted by atomic mass is 19.4. The zero-order valence-corrected chi connectivity index (χ0v) is 15.8. The maximum atomic E-state index is 13.5. The van der Waals surface area contributed by atoms with Crippen molar-refractivity contribution in [3.8, 4) is 6.07 Å². The Kier molecular flexibility index (Phi) is 5.59. The molecule has 2 heterocycles. The molecule has 0 unspecified atom stereocenters. The van der Waals surface area contributed by atoms with Gasteiger partial charge in [-0.3, -0.25) is 9.89 Å². The zero-order valence-electron chi connectivity index (χ0n) is 15.8. The second kappa shape index (κ2) is 8.12. The minimum absolute atomic E-state index is 0.0497. The first kappa shape index (κ1) is 20.7. The van der Waals surface area contributed by atoms with Crippen molar-refractivity contribution in [3.63, 3.8) is 0 Å². The van der Waals surface area contributed by atoms with Gasteiger partial charge >= 0.3 is 6.18 Å². The molecule has 0 aliphatic carbocycles. The number of nitriles is 1. The molecule has 4 N–H and O–H groups in total. The number of halogens is 3. The number of aromatic nitrogens is 3. The van der Waals surface area contributed by atoms with Crippen LogP contribution in [0.4, 0.5) is 36.1 Å². The normalized spacial score (nSPS) is 10.9. The molecule has 0 bridgehead atoms. The molecule has 0 aliphatic rings. The number of para-hydroxylation sites is 1. The van der Waals surface area contributed by atoms with Crippen molar-refractivity contribution in [2.45, 2.75) is 13.1 Å². The van der Waals surface area contributed by atoms with E-state index < -0.39 is 17.6 Å². The number of rotatable bonds is 5. The third-order valence-electron chi connectivity index (χ3n) is 4.18. The summed E-state index contributed by atoms with van der Waals surface area (Å²) in [6, 6.07) is 9.21. The molecule has 154 valence electrons. The maximum Gasteiger partial charge on any atom is 0.419 e. The van der Waals surface area contributed by atoms with Gasteiger partial charge in [0.05, 0.1) is 33.9 Å². The molecule has 2 aromatic heterocycles. The van der Waals surface area contributed by atoms with Crippen molar-refractivity contribution < 1.29 is 18.0 Å². The van der Waals surface area contributed by atoms with Gasteiger partial charge in [0.15, 0.2) is 5.69 Å². The monoisotopic (exact) mass is 415 g/mol. The molecule has 0 saturated heterocycles. The SMILES string of the molecule is CNC(=O)c1ccccc1Nc1cc(Nc2c(C#N)n[nH]c2C)ncc1C(F)(F)F. The Morgan fingerprint density at radius 3 is 2.60 bits per heavy atom. The van der Waals surface area contributed by atoms with E-state index in [1.807, 2.05) is 6.07 Å². The fourth-order valence-corrected chi connectivity index (χ4v) is 2.71. The summed E-state index contributed by atoms with van der Waals surface area (Å²) in [7, 11) is 1.43. The minimum Gasteiger partial charge on any atom is -0.355 e. The zero-order chi connectivity index (χ0) is 21.9. The number of amides is 1. The van der Waals surface area contributed by atoms with Gasteiger partial charge in [-0.05, 0) is 19.1 Å². The van der Waals surface area contributed by atoms with E-state index in [1.54, 1.807) is 19.1 Å². The van der Waals surface area contributed by atoms with Crippen LogP contribution < -0.4 is 16.0 Å². The van der Waals surface area contributed by atoms with Gasteiger partial charge in [0.25, 0.3) is 5.91 Å². The molecule has 0 atom stereocenters. The van der Waals surface area contributed by atoms with Gasteiger partial charge in [0.1, 0.15) is 11.9 Å². The summed E-state index contributed by atoms with van der Waals surface area (Å²) < 4.78 is 40.6. The molecule has 0 spiro atoms. The van der Waals surface area contributed by atoms with Crippen LogP contribution in [-0.4, -0.2) is 28.1 Å². The van der Waals surface area contributed by atoms with Crippen LogP contribution in [0.1, 0.15) is 27.3 Å². The third kappa shape index (κ3) is 4.17.